The molecule has 1 rings (SSSR count). The Kier molecular flexibility index (Phi) is 4.11. The lowest BCUT2D eigenvalue weighted by Gasteiger charge is -2.39. The van der Waals surface area contributed by atoms with E-state index < -0.39 is 11.4 Å². The van der Waals surface area contributed by atoms with Gasteiger partial charge in [0.15, 0.2) is 0 Å². The zero-order valence-corrected chi connectivity index (χ0v) is 10.5. The largest absolute Gasteiger partial charge is 0.468 e. The Labute approximate surface area is 101 Å². The van der Waals surface area contributed by atoms with E-state index in [9.17, 15) is 9.59 Å². The molecule has 0 atom stereocenters. The smallest absolute Gasteiger partial charge is 0.325 e. The van der Waals surface area contributed by atoms with Gasteiger partial charge in [0.2, 0.25) is 5.91 Å². The minimum Gasteiger partial charge on any atom is -0.468 e. The van der Waals surface area contributed by atoms with Crippen LogP contribution in [0.25, 0.3) is 0 Å². The van der Waals surface area contributed by atoms with E-state index in [1.165, 1.54) is 12.0 Å². The third-order valence-electron chi connectivity index (χ3n) is 3.24. The van der Waals surface area contributed by atoms with Gasteiger partial charge in [0, 0.05) is 6.04 Å². The summed E-state index contributed by atoms with van der Waals surface area (Å²) in [5.41, 5.74) is -0.904. The lowest BCUT2D eigenvalue weighted by Crippen LogP contribution is -2.51. The van der Waals surface area contributed by atoms with Crippen LogP contribution in [0.15, 0.2) is 0 Å². The number of nitriles is 1. The van der Waals surface area contributed by atoms with Crippen molar-refractivity contribution in [1.82, 2.24) is 4.90 Å². The fourth-order valence-electron chi connectivity index (χ4n) is 1.87. The second kappa shape index (κ2) is 5.17. The van der Waals surface area contributed by atoms with Crippen LogP contribution in [0.3, 0.4) is 0 Å². The number of methoxy groups -OCH3 is 1. The lowest BCUT2D eigenvalue weighted by atomic mass is 9.69. The molecular formula is C12H18N2O3. The molecule has 94 valence electrons. The molecule has 0 bridgehead atoms. The van der Waals surface area contributed by atoms with Crippen LogP contribution in [-0.2, 0) is 14.3 Å². The van der Waals surface area contributed by atoms with Crippen LogP contribution in [0.5, 0.6) is 0 Å². The van der Waals surface area contributed by atoms with E-state index in [1.54, 1.807) is 0 Å². The van der Waals surface area contributed by atoms with Crippen molar-refractivity contribution in [1.29, 1.82) is 5.26 Å². The van der Waals surface area contributed by atoms with Crippen molar-refractivity contribution in [3.63, 3.8) is 0 Å². The van der Waals surface area contributed by atoms with Crippen LogP contribution in [0.1, 0.15) is 33.1 Å². The molecule has 5 nitrogen and oxygen atoms in total. The van der Waals surface area contributed by atoms with Crippen LogP contribution in [0.2, 0.25) is 0 Å². The summed E-state index contributed by atoms with van der Waals surface area (Å²) in [5.74, 6) is -0.703. The van der Waals surface area contributed by atoms with Crippen molar-refractivity contribution < 1.29 is 14.3 Å². The monoisotopic (exact) mass is 238 g/mol. The number of nitrogens with zero attached hydrogens (tertiary/aromatic N) is 2. The Morgan fingerprint density at radius 3 is 2.35 bits per heavy atom. The van der Waals surface area contributed by atoms with E-state index in [0.29, 0.717) is 12.8 Å². The minimum absolute atomic E-state index is 0.0869. The number of rotatable bonds is 4. The van der Waals surface area contributed by atoms with Crippen molar-refractivity contribution in [2.75, 3.05) is 13.7 Å². The third kappa shape index (κ3) is 2.57. The van der Waals surface area contributed by atoms with Gasteiger partial charge in [0.05, 0.1) is 13.2 Å². The molecule has 0 spiro atoms. The molecule has 0 N–H and O–H groups in total. The molecule has 0 aliphatic heterocycles. The van der Waals surface area contributed by atoms with Crippen molar-refractivity contribution >= 4 is 11.9 Å². The molecule has 0 aromatic carbocycles. The van der Waals surface area contributed by atoms with Gasteiger partial charge in [-0.3, -0.25) is 9.59 Å². The van der Waals surface area contributed by atoms with Crippen LogP contribution in [0, 0.1) is 16.7 Å². The first-order valence-corrected chi connectivity index (χ1v) is 5.76. The molecule has 1 amide bonds. The molecule has 0 unspecified atom stereocenters. The Hall–Kier alpha value is -1.57. The zero-order valence-electron chi connectivity index (χ0n) is 10.5. The topological polar surface area (TPSA) is 70.4 Å². The van der Waals surface area contributed by atoms with Gasteiger partial charge in [-0.05, 0) is 33.1 Å². The number of esters is 1. The maximum atomic E-state index is 12.3. The first-order chi connectivity index (χ1) is 7.96. The summed E-state index contributed by atoms with van der Waals surface area (Å²) < 4.78 is 4.56. The molecule has 0 aromatic rings. The van der Waals surface area contributed by atoms with E-state index in [1.807, 2.05) is 13.8 Å². The molecule has 1 saturated carbocycles. The van der Waals surface area contributed by atoms with Gasteiger partial charge in [-0.25, -0.2) is 0 Å². The summed E-state index contributed by atoms with van der Waals surface area (Å²) in [5, 5.41) is 9.12. The highest BCUT2D eigenvalue weighted by Gasteiger charge is 2.47. The summed E-state index contributed by atoms with van der Waals surface area (Å²) in [6, 6.07) is 1.98. The highest BCUT2D eigenvalue weighted by molar-refractivity contribution is 5.89. The predicted molar refractivity (Wildman–Crippen MR) is 60.8 cm³/mol. The SMILES string of the molecule is COC(=O)CN(C(=O)C1(C#N)CCC1)C(C)C. The Morgan fingerprint density at radius 2 is 2.06 bits per heavy atom. The van der Waals surface area contributed by atoms with E-state index >= 15 is 0 Å². The van der Waals surface area contributed by atoms with Gasteiger partial charge in [-0.15, -0.1) is 0 Å². The summed E-state index contributed by atoms with van der Waals surface area (Å²) in [7, 11) is 1.29. The van der Waals surface area contributed by atoms with Crippen LogP contribution in [-0.4, -0.2) is 36.5 Å². The van der Waals surface area contributed by atoms with Crippen LogP contribution in [0.4, 0.5) is 0 Å². The lowest BCUT2D eigenvalue weighted by molar-refractivity contribution is -0.153. The molecule has 1 aliphatic rings. The van der Waals surface area contributed by atoms with E-state index in [0.717, 1.165) is 6.42 Å². The minimum atomic E-state index is -0.904. The van der Waals surface area contributed by atoms with E-state index in [-0.39, 0.29) is 18.5 Å². The van der Waals surface area contributed by atoms with Gasteiger partial charge in [0.1, 0.15) is 12.0 Å². The fourth-order valence-corrected chi connectivity index (χ4v) is 1.87. The molecular weight excluding hydrogens is 220 g/mol. The van der Waals surface area contributed by atoms with Crippen molar-refractivity contribution in [3.8, 4) is 6.07 Å². The summed E-state index contributed by atoms with van der Waals surface area (Å²) in [6.07, 6.45) is 2.07. The van der Waals surface area contributed by atoms with Gasteiger partial charge in [-0.2, -0.15) is 5.26 Å². The molecule has 0 heterocycles. The van der Waals surface area contributed by atoms with Crippen molar-refractivity contribution in [2.24, 2.45) is 5.41 Å². The second-order valence-corrected chi connectivity index (χ2v) is 4.65. The van der Waals surface area contributed by atoms with Crippen LogP contribution >= 0.6 is 0 Å². The molecule has 1 aliphatic carbocycles. The molecule has 0 saturated heterocycles. The fraction of sp³-hybridized carbons (Fsp3) is 0.750. The number of carbonyl (C=O) groups excluding carboxylic acids is 2. The average Bonchev–Trinajstić information content (AvgIpc) is 2.24. The standard InChI is InChI=1S/C12H18N2O3/c1-9(2)14(7-10(15)17-3)11(16)12(8-13)5-4-6-12/h9H,4-7H2,1-3H3. The average molecular weight is 238 g/mol. The maximum Gasteiger partial charge on any atom is 0.325 e. The predicted octanol–water partition coefficient (Wildman–Crippen LogP) is 1.09. The van der Waals surface area contributed by atoms with Gasteiger partial charge in [-0.1, -0.05) is 0 Å². The number of carbonyl (C=O) groups is 2. The normalized spacial score (nSPS) is 16.9. The molecule has 0 radical (unpaired) electrons. The highest BCUT2D eigenvalue weighted by Crippen LogP contribution is 2.42. The zero-order chi connectivity index (χ0) is 13.1. The van der Waals surface area contributed by atoms with E-state index in [2.05, 4.69) is 10.8 Å². The number of ether oxygens (including phenoxy) is 1. The van der Waals surface area contributed by atoms with Crippen molar-refractivity contribution in [3.05, 3.63) is 0 Å². The first-order valence-electron chi connectivity index (χ1n) is 5.76. The molecule has 5 heteroatoms. The second-order valence-electron chi connectivity index (χ2n) is 4.65. The summed E-state index contributed by atoms with van der Waals surface area (Å²) in [6.45, 7) is 3.56. The maximum absolute atomic E-state index is 12.3. The number of amides is 1. The quantitative estimate of drug-likeness (QED) is 0.687. The number of hydrogen-bond donors (Lipinski definition) is 0. The summed E-state index contributed by atoms with van der Waals surface area (Å²) in [4.78, 5) is 24.9. The molecule has 17 heavy (non-hydrogen) atoms. The molecule has 1 fully saturated rings. The Balaban J connectivity index is 2.81. The summed E-state index contributed by atoms with van der Waals surface area (Å²) >= 11 is 0. The third-order valence-corrected chi connectivity index (χ3v) is 3.24. The Bertz CT molecular complexity index is 353. The Morgan fingerprint density at radius 1 is 1.47 bits per heavy atom. The van der Waals surface area contributed by atoms with Crippen molar-refractivity contribution in [2.45, 2.75) is 39.2 Å². The van der Waals surface area contributed by atoms with Gasteiger partial charge in [0.25, 0.3) is 0 Å². The van der Waals surface area contributed by atoms with E-state index in [4.69, 9.17) is 5.26 Å². The van der Waals surface area contributed by atoms with Crippen LogP contribution < -0.4 is 0 Å². The number of hydrogen-bond acceptors (Lipinski definition) is 4. The van der Waals surface area contributed by atoms with Gasteiger partial charge >= 0.3 is 5.97 Å². The van der Waals surface area contributed by atoms with Gasteiger partial charge < -0.3 is 9.64 Å². The molecule has 0 aromatic heterocycles. The first kappa shape index (κ1) is 13.5. The highest BCUT2D eigenvalue weighted by atomic mass is 16.5.